The molecule has 0 fully saturated rings. The molecule has 0 unspecified atom stereocenters. The Bertz CT molecular complexity index is 430. The third-order valence-electron chi connectivity index (χ3n) is 2.33. The molecule has 0 saturated carbocycles. The van der Waals surface area contributed by atoms with Gasteiger partial charge in [0.25, 0.3) is 5.91 Å². The lowest BCUT2D eigenvalue weighted by molar-refractivity contribution is -0.149. The number of nitrogens with one attached hydrogen (secondary N) is 1. The number of nitrogens with two attached hydrogens (primary N) is 1. The number of nitrogen functional groups attached to an aromatic ring is 1. The van der Waals surface area contributed by atoms with Gasteiger partial charge in [-0.25, -0.2) is 4.79 Å². The third-order valence-corrected chi connectivity index (χ3v) is 2.33. The Labute approximate surface area is 106 Å². The first-order valence-corrected chi connectivity index (χ1v) is 5.84. The molecule has 0 spiro atoms. The van der Waals surface area contributed by atoms with Crippen molar-refractivity contribution in [1.29, 1.82) is 0 Å². The predicted molar refractivity (Wildman–Crippen MR) is 68.5 cm³/mol. The van der Waals surface area contributed by atoms with Crippen LogP contribution in [0.4, 0.5) is 5.69 Å². The van der Waals surface area contributed by atoms with Gasteiger partial charge < -0.3 is 10.6 Å². The van der Waals surface area contributed by atoms with Gasteiger partial charge in [-0.3, -0.25) is 4.79 Å². The van der Waals surface area contributed by atoms with Crippen LogP contribution < -0.4 is 11.2 Å². The quantitative estimate of drug-likeness (QED) is 0.631. The smallest absolute Gasteiger partial charge is 0.332 e. The van der Waals surface area contributed by atoms with E-state index in [4.69, 9.17) is 5.73 Å². The Morgan fingerprint density at radius 2 is 2.11 bits per heavy atom. The molecule has 5 heteroatoms. The molecule has 1 amide bonds. The zero-order chi connectivity index (χ0) is 13.5. The Morgan fingerprint density at radius 3 is 2.72 bits per heavy atom. The Morgan fingerprint density at radius 1 is 1.39 bits per heavy atom. The molecule has 5 nitrogen and oxygen atoms in total. The summed E-state index contributed by atoms with van der Waals surface area (Å²) in [6.07, 6.45) is 1.02. The van der Waals surface area contributed by atoms with E-state index in [-0.39, 0.29) is 6.42 Å². The van der Waals surface area contributed by atoms with Crippen molar-refractivity contribution in [2.24, 2.45) is 5.92 Å². The van der Waals surface area contributed by atoms with Crippen LogP contribution in [0.15, 0.2) is 24.3 Å². The number of hydrogen-bond acceptors (Lipinski definition) is 4. The molecule has 0 bridgehead atoms. The van der Waals surface area contributed by atoms with E-state index in [2.05, 4.69) is 10.3 Å². The second-order valence-corrected chi connectivity index (χ2v) is 4.46. The zero-order valence-corrected chi connectivity index (χ0v) is 10.6. The highest BCUT2D eigenvalue weighted by atomic mass is 16.7. The second-order valence-electron chi connectivity index (χ2n) is 4.46. The van der Waals surface area contributed by atoms with Crippen molar-refractivity contribution in [3.8, 4) is 0 Å². The molecule has 0 aliphatic rings. The van der Waals surface area contributed by atoms with Gasteiger partial charge in [-0.05, 0) is 30.5 Å². The molecular formula is C13H18N2O3. The molecule has 1 aromatic rings. The van der Waals surface area contributed by atoms with Crippen LogP contribution in [0.3, 0.4) is 0 Å². The summed E-state index contributed by atoms with van der Waals surface area (Å²) < 4.78 is 0. The lowest BCUT2D eigenvalue weighted by Crippen LogP contribution is -2.27. The van der Waals surface area contributed by atoms with E-state index in [9.17, 15) is 9.59 Å². The van der Waals surface area contributed by atoms with Gasteiger partial charge in [0.15, 0.2) is 0 Å². The summed E-state index contributed by atoms with van der Waals surface area (Å²) in [7, 11) is 0. The van der Waals surface area contributed by atoms with Gasteiger partial charge in [0.1, 0.15) is 0 Å². The molecule has 18 heavy (non-hydrogen) atoms. The highest BCUT2D eigenvalue weighted by molar-refractivity contribution is 5.94. The van der Waals surface area contributed by atoms with E-state index in [1.165, 1.54) is 6.07 Å². The second kappa shape index (κ2) is 6.64. The number of hydrogen-bond donors (Lipinski definition) is 2. The summed E-state index contributed by atoms with van der Waals surface area (Å²) in [6, 6.07) is 6.43. The molecular weight excluding hydrogens is 232 g/mol. The highest BCUT2D eigenvalue weighted by Crippen LogP contribution is 2.07. The average molecular weight is 250 g/mol. The number of hydroxylamine groups is 1. The summed E-state index contributed by atoms with van der Waals surface area (Å²) in [5.41, 5.74) is 8.48. The van der Waals surface area contributed by atoms with Gasteiger partial charge in [-0.15, -0.1) is 0 Å². The normalized spacial score (nSPS) is 10.2. The van der Waals surface area contributed by atoms with Crippen molar-refractivity contribution < 1.29 is 14.4 Å². The van der Waals surface area contributed by atoms with Crippen molar-refractivity contribution in [3.63, 3.8) is 0 Å². The zero-order valence-electron chi connectivity index (χ0n) is 10.6. The van der Waals surface area contributed by atoms with Crippen LogP contribution in [-0.2, 0) is 9.63 Å². The standard InChI is InChI=1S/C13H18N2O3/c1-9(2)6-7-12(16)18-15-13(17)10-4-3-5-11(14)8-10/h3-5,8-9H,6-7,14H2,1-2H3,(H,15,17). The predicted octanol–water partition coefficient (Wildman–Crippen LogP) is 1.89. The number of carbonyl (C=O) groups excluding carboxylic acids is 2. The average Bonchev–Trinajstić information content (AvgIpc) is 2.33. The first kappa shape index (κ1) is 14.0. The van der Waals surface area contributed by atoms with Crippen LogP contribution in [0.25, 0.3) is 0 Å². The fraction of sp³-hybridized carbons (Fsp3) is 0.385. The fourth-order valence-electron chi connectivity index (χ4n) is 1.30. The van der Waals surface area contributed by atoms with Crippen molar-refractivity contribution >= 4 is 17.6 Å². The maximum absolute atomic E-state index is 11.6. The van der Waals surface area contributed by atoms with Crippen molar-refractivity contribution in [2.75, 3.05) is 5.73 Å². The topological polar surface area (TPSA) is 81.4 Å². The van der Waals surface area contributed by atoms with Crippen LogP contribution >= 0.6 is 0 Å². The van der Waals surface area contributed by atoms with Crippen LogP contribution in [0.2, 0.25) is 0 Å². The van der Waals surface area contributed by atoms with Gasteiger partial charge in [-0.2, -0.15) is 5.48 Å². The summed E-state index contributed by atoms with van der Waals surface area (Å²) in [5, 5.41) is 0. The van der Waals surface area contributed by atoms with E-state index in [1.807, 2.05) is 13.8 Å². The molecule has 1 aromatic carbocycles. The molecule has 0 aromatic heterocycles. The van der Waals surface area contributed by atoms with Gasteiger partial charge in [0.2, 0.25) is 0 Å². The lowest BCUT2D eigenvalue weighted by atomic mass is 10.1. The number of carbonyl (C=O) groups is 2. The van der Waals surface area contributed by atoms with E-state index < -0.39 is 11.9 Å². The summed E-state index contributed by atoms with van der Waals surface area (Å²) >= 11 is 0. The van der Waals surface area contributed by atoms with Crippen molar-refractivity contribution in [1.82, 2.24) is 5.48 Å². The van der Waals surface area contributed by atoms with E-state index in [0.717, 1.165) is 6.42 Å². The van der Waals surface area contributed by atoms with Crippen molar-refractivity contribution in [3.05, 3.63) is 29.8 Å². The SMILES string of the molecule is CC(C)CCC(=O)ONC(=O)c1cccc(N)c1. The van der Waals surface area contributed by atoms with Gasteiger partial charge in [0, 0.05) is 17.7 Å². The molecule has 0 heterocycles. The summed E-state index contributed by atoms with van der Waals surface area (Å²) in [6.45, 7) is 4.03. The molecule has 3 N–H and O–H groups in total. The minimum atomic E-state index is -0.486. The number of amides is 1. The van der Waals surface area contributed by atoms with Gasteiger partial charge in [-0.1, -0.05) is 19.9 Å². The van der Waals surface area contributed by atoms with E-state index in [0.29, 0.717) is 17.2 Å². The molecule has 0 atom stereocenters. The largest absolute Gasteiger partial charge is 0.399 e. The maximum Gasteiger partial charge on any atom is 0.332 e. The van der Waals surface area contributed by atoms with Gasteiger partial charge in [0.05, 0.1) is 0 Å². The molecule has 1 rings (SSSR count). The molecule has 0 aliphatic carbocycles. The lowest BCUT2D eigenvalue weighted by Gasteiger charge is -2.07. The first-order valence-electron chi connectivity index (χ1n) is 5.84. The molecule has 0 saturated heterocycles. The summed E-state index contributed by atoms with van der Waals surface area (Å²) in [5.74, 6) is -0.511. The summed E-state index contributed by atoms with van der Waals surface area (Å²) in [4.78, 5) is 27.6. The number of anilines is 1. The minimum absolute atomic E-state index is 0.287. The fourth-order valence-corrected chi connectivity index (χ4v) is 1.30. The Balaban J connectivity index is 2.39. The molecule has 0 radical (unpaired) electrons. The van der Waals surface area contributed by atoms with Crippen LogP contribution in [0, 0.1) is 5.92 Å². The van der Waals surface area contributed by atoms with Crippen LogP contribution in [0.5, 0.6) is 0 Å². The van der Waals surface area contributed by atoms with E-state index in [1.54, 1.807) is 18.2 Å². The Hall–Kier alpha value is -2.04. The van der Waals surface area contributed by atoms with Crippen LogP contribution in [-0.4, -0.2) is 11.9 Å². The van der Waals surface area contributed by atoms with Gasteiger partial charge >= 0.3 is 5.97 Å². The van der Waals surface area contributed by atoms with Crippen LogP contribution in [0.1, 0.15) is 37.0 Å². The monoisotopic (exact) mass is 250 g/mol. The molecule has 98 valence electrons. The molecule has 0 aliphatic heterocycles. The number of rotatable bonds is 4. The van der Waals surface area contributed by atoms with E-state index >= 15 is 0 Å². The first-order chi connectivity index (χ1) is 8.49. The number of benzene rings is 1. The highest BCUT2D eigenvalue weighted by Gasteiger charge is 2.09. The Kier molecular flexibility index (Phi) is 5.17. The minimum Gasteiger partial charge on any atom is -0.399 e. The maximum atomic E-state index is 11.6. The third kappa shape index (κ3) is 4.86. The van der Waals surface area contributed by atoms with Crippen molar-refractivity contribution in [2.45, 2.75) is 26.7 Å².